The van der Waals surface area contributed by atoms with Crippen molar-refractivity contribution in [3.8, 4) is 0 Å². The largest absolute Gasteiger partial charge is 0.480 e. The van der Waals surface area contributed by atoms with Crippen LogP contribution in [0.1, 0.15) is 6.42 Å². The van der Waals surface area contributed by atoms with Crippen molar-refractivity contribution in [3.05, 3.63) is 18.5 Å². The van der Waals surface area contributed by atoms with Gasteiger partial charge in [0, 0.05) is 32.0 Å². The van der Waals surface area contributed by atoms with E-state index in [4.69, 9.17) is 10.8 Å². The quantitative estimate of drug-likeness (QED) is 0.711. The number of aliphatic carboxylic acids is 1. The molecular formula is C10H16N4O2. The summed E-state index contributed by atoms with van der Waals surface area (Å²) in [4.78, 5) is 13.0. The normalized spacial score (nSPS) is 26.1. The monoisotopic (exact) mass is 224 g/mol. The fraction of sp³-hybridized carbons (Fsp3) is 0.600. The first-order chi connectivity index (χ1) is 7.60. The van der Waals surface area contributed by atoms with E-state index in [0.717, 1.165) is 19.6 Å². The number of carboxylic acids is 1. The molecule has 1 atom stereocenters. The molecule has 0 aromatic carbocycles. The smallest absolute Gasteiger partial charge is 0.325 e. The second kappa shape index (κ2) is 4.23. The molecule has 16 heavy (non-hydrogen) atoms. The lowest BCUT2D eigenvalue weighted by Crippen LogP contribution is -2.50. The molecule has 1 aromatic heterocycles. The van der Waals surface area contributed by atoms with Gasteiger partial charge >= 0.3 is 5.97 Å². The maximum Gasteiger partial charge on any atom is 0.325 e. The molecule has 0 radical (unpaired) electrons. The van der Waals surface area contributed by atoms with Gasteiger partial charge in [-0.05, 0) is 12.5 Å². The van der Waals surface area contributed by atoms with Crippen molar-refractivity contribution in [3.63, 3.8) is 0 Å². The molecule has 1 fully saturated rings. The van der Waals surface area contributed by atoms with Crippen LogP contribution in [0.5, 0.6) is 0 Å². The second-order valence-corrected chi connectivity index (χ2v) is 4.26. The van der Waals surface area contributed by atoms with Crippen LogP contribution in [-0.4, -0.2) is 50.9 Å². The number of carboxylic acid groups (broad SMARTS) is 1. The summed E-state index contributed by atoms with van der Waals surface area (Å²) in [5.41, 5.74) is 4.71. The van der Waals surface area contributed by atoms with Crippen LogP contribution in [0, 0.1) is 0 Å². The van der Waals surface area contributed by atoms with Crippen LogP contribution >= 0.6 is 0 Å². The van der Waals surface area contributed by atoms with E-state index in [9.17, 15) is 4.79 Å². The predicted octanol–water partition coefficient (Wildman–Crippen LogP) is -0.629. The van der Waals surface area contributed by atoms with E-state index >= 15 is 0 Å². The van der Waals surface area contributed by atoms with Crippen molar-refractivity contribution >= 4 is 5.97 Å². The Bertz CT molecular complexity index is 365. The third-order valence-corrected chi connectivity index (χ3v) is 3.01. The minimum absolute atomic E-state index is 0.420. The Morgan fingerprint density at radius 2 is 2.38 bits per heavy atom. The molecule has 1 aromatic rings. The topological polar surface area (TPSA) is 84.4 Å². The highest BCUT2D eigenvalue weighted by Crippen LogP contribution is 2.18. The van der Waals surface area contributed by atoms with Crippen LogP contribution in [0.15, 0.2) is 18.5 Å². The lowest BCUT2D eigenvalue weighted by Gasteiger charge is -2.19. The van der Waals surface area contributed by atoms with E-state index < -0.39 is 11.5 Å². The van der Waals surface area contributed by atoms with Crippen LogP contribution in [0.3, 0.4) is 0 Å². The molecule has 6 heteroatoms. The van der Waals surface area contributed by atoms with Gasteiger partial charge in [0.25, 0.3) is 0 Å². The SMILES string of the molecule is NC1(C(=O)O)CCN(CCn2cccn2)C1. The molecule has 0 saturated carbocycles. The fourth-order valence-electron chi connectivity index (χ4n) is 1.96. The second-order valence-electron chi connectivity index (χ2n) is 4.26. The molecule has 1 saturated heterocycles. The molecule has 3 N–H and O–H groups in total. The number of likely N-dealkylation sites (tertiary alicyclic amines) is 1. The maximum atomic E-state index is 10.9. The molecular weight excluding hydrogens is 208 g/mol. The Morgan fingerprint density at radius 1 is 1.56 bits per heavy atom. The van der Waals surface area contributed by atoms with Crippen molar-refractivity contribution in [2.75, 3.05) is 19.6 Å². The molecule has 1 aliphatic rings. The first-order valence-corrected chi connectivity index (χ1v) is 5.32. The van der Waals surface area contributed by atoms with Gasteiger partial charge in [0.1, 0.15) is 5.54 Å². The van der Waals surface area contributed by atoms with Crippen LogP contribution < -0.4 is 5.73 Å². The first kappa shape index (κ1) is 11.1. The van der Waals surface area contributed by atoms with Gasteiger partial charge in [0.2, 0.25) is 0 Å². The van der Waals surface area contributed by atoms with E-state index in [1.165, 1.54) is 0 Å². The summed E-state index contributed by atoms with van der Waals surface area (Å²) in [5, 5.41) is 13.1. The molecule has 88 valence electrons. The van der Waals surface area contributed by atoms with Crippen molar-refractivity contribution in [2.24, 2.45) is 5.73 Å². The molecule has 6 nitrogen and oxygen atoms in total. The number of rotatable bonds is 4. The van der Waals surface area contributed by atoms with Gasteiger partial charge in [-0.25, -0.2) is 0 Å². The molecule has 0 bridgehead atoms. The van der Waals surface area contributed by atoms with Gasteiger partial charge in [0.05, 0.1) is 6.54 Å². The third-order valence-electron chi connectivity index (χ3n) is 3.01. The maximum absolute atomic E-state index is 10.9. The van der Waals surface area contributed by atoms with Crippen molar-refractivity contribution in [1.29, 1.82) is 0 Å². The molecule has 0 amide bonds. The van der Waals surface area contributed by atoms with Crippen molar-refractivity contribution in [2.45, 2.75) is 18.5 Å². The number of hydrogen-bond acceptors (Lipinski definition) is 4. The Morgan fingerprint density at radius 3 is 2.94 bits per heavy atom. The van der Waals surface area contributed by atoms with Crippen molar-refractivity contribution in [1.82, 2.24) is 14.7 Å². The zero-order valence-electron chi connectivity index (χ0n) is 9.04. The van der Waals surface area contributed by atoms with Crippen LogP contribution in [-0.2, 0) is 11.3 Å². The standard InChI is InChI=1S/C10H16N4O2/c11-10(9(15)16)2-5-13(8-10)6-7-14-4-1-3-12-14/h1,3-4H,2,5-8,11H2,(H,15,16). The van der Waals surface area contributed by atoms with E-state index in [-0.39, 0.29) is 0 Å². The van der Waals surface area contributed by atoms with Crippen LogP contribution in [0.25, 0.3) is 0 Å². The van der Waals surface area contributed by atoms with Gasteiger partial charge in [-0.15, -0.1) is 0 Å². The highest BCUT2D eigenvalue weighted by molar-refractivity contribution is 5.79. The summed E-state index contributed by atoms with van der Waals surface area (Å²) in [7, 11) is 0. The number of aromatic nitrogens is 2. The first-order valence-electron chi connectivity index (χ1n) is 5.32. The highest BCUT2D eigenvalue weighted by atomic mass is 16.4. The Balaban J connectivity index is 1.83. The zero-order valence-corrected chi connectivity index (χ0v) is 9.04. The predicted molar refractivity (Wildman–Crippen MR) is 57.8 cm³/mol. The highest BCUT2D eigenvalue weighted by Gasteiger charge is 2.40. The third kappa shape index (κ3) is 2.23. The Kier molecular flexibility index (Phi) is 2.93. The molecule has 2 rings (SSSR count). The van der Waals surface area contributed by atoms with Gasteiger partial charge in [-0.1, -0.05) is 0 Å². The molecule has 2 heterocycles. The summed E-state index contributed by atoms with van der Waals surface area (Å²) in [5.74, 6) is -0.908. The van der Waals surface area contributed by atoms with Gasteiger partial charge < -0.3 is 10.8 Å². The minimum Gasteiger partial charge on any atom is -0.480 e. The van der Waals surface area contributed by atoms with Crippen molar-refractivity contribution < 1.29 is 9.90 Å². The Hall–Kier alpha value is -1.40. The van der Waals surface area contributed by atoms with Gasteiger partial charge in [-0.3, -0.25) is 14.4 Å². The lowest BCUT2D eigenvalue weighted by molar-refractivity contribution is -0.142. The molecule has 0 aliphatic carbocycles. The van der Waals surface area contributed by atoms with Gasteiger partial charge in [-0.2, -0.15) is 5.10 Å². The van der Waals surface area contributed by atoms with E-state index in [1.54, 1.807) is 6.20 Å². The fourth-order valence-corrected chi connectivity index (χ4v) is 1.96. The van der Waals surface area contributed by atoms with Crippen LogP contribution in [0.2, 0.25) is 0 Å². The summed E-state index contributed by atoms with van der Waals surface area (Å²) in [6, 6.07) is 1.87. The Labute approximate surface area is 93.6 Å². The number of carbonyl (C=O) groups is 1. The zero-order chi connectivity index (χ0) is 11.6. The van der Waals surface area contributed by atoms with Gasteiger partial charge in [0.15, 0.2) is 0 Å². The molecule has 1 aliphatic heterocycles. The number of nitrogens with two attached hydrogens (primary N) is 1. The summed E-state index contributed by atoms with van der Waals surface area (Å²) in [6.45, 7) is 2.71. The van der Waals surface area contributed by atoms with Crippen LogP contribution in [0.4, 0.5) is 0 Å². The van der Waals surface area contributed by atoms with E-state index in [2.05, 4.69) is 10.00 Å². The average Bonchev–Trinajstić information content (AvgIpc) is 2.85. The van der Waals surface area contributed by atoms with E-state index in [0.29, 0.717) is 13.0 Å². The number of hydrogen-bond donors (Lipinski definition) is 2. The number of nitrogens with zero attached hydrogens (tertiary/aromatic N) is 3. The summed E-state index contributed by atoms with van der Waals surface area (Å²) >= 11 is 0. The minimum atomic E-state index is -1.07. The van der Waals surface area contributed by atoms with E-state index in [1.807, 2.05) is 16.9 Å². The summed E-state index contributed by atoms with van der Waals surface area (Å²) in [6.07, 6.45) is 4.14. The average molecular weight is 224 g/mol. The summed E-state index contributed by atoms with van der Waals surface area (Å²) < 4.78 is 1.83. The molecule has 0 spiro atoms. The molecule has 1 unspecified atom stereocenters. The lowest BCUT2D eigenvalue weighted by atomic mass is 10.0.